The second kappa shape index (κ2) is 7.26. The van der Waals surface area contributed by atoms with Crippen molar-refractivity contribution in [2.24, 2.45) is 23.7 Å². The molecule has 0 spiro atoms. The van der Waals surface area contributed by atoms with Crippen molar-refractivity contribution in [3.63, 3.8) is 0 Å². The van der Waals surface area contributed by atoms with E-state index in [0.717, 1.165) is 31.0 Å². The van der Waals surface area contributed by atoms with Crippen molar-refractivity contribution in [2.75, 3.05) is 13.2 Å². The molecule has 0 aromatic carbocycles. The first kappa shape index (κ1) is 14.8. The van der Waals surface area contributed by atoms with Crippen molar-refractivity contribution < 1.29 is 9.47 Å². The van der Waals surface area contributed by atoms with Crippen LogP contribution in [0.5, 0.6) is 0 Å². The van der Waals surface area contributed by atoms with Crippen molar-refractivity contribution in [3.8, 4) is 0 Å². The lowest BCUT2D eigenvalue weighted by Crippen LogP contribution is -2.30. The van der Waals surface area contributed by atoms with Crippen molar-refractivity contribution in [1.82, 2.24) is 0 Å². The Morgan fingerprint density at radius 2 is 1.20 bits per heavy atom. The van der Waals surface area contributed by atoms with Crippen molar-refractivity contribution in [3.05, 3.63) is 0 Å². The molecule has 3 rings (SSSR count). The molecular formula is C18H32O2. The van der Waals surface area contributed by atoms with E-state index >= 15 is 0 Å². The second-order valence-corrected chi connectivity index (χ2v) is 7.35. The SMILES string of the molecule is CCCC1CCC(C2CCC(C3OCCO3)CC2)CC1. The van der Waals surface area contributed by atoms with Crippen molar-refractivity contribution in [1.29, 1.82) is 0 Å². The quantitative estimate of drug-likeness (QED) is 0.738. The number of hydrogen-bond acceptors (Lipinski definition) is 2. The van der Waals surface area contributed by atoms with Gasteiger partial charge in [-0.05, 0) is 56.3 Å². The van der Waals surface area contributed by atoms with Gasteiger partial charge in [0.1, 0.15) is 0 Å². The maximum Gasteiger partial charge on any atom is 0.160 e. The van der Waals surface area contributed by atoms with E-state index < -0.39 is 0 Å². The molecule has 2 saturated carbocycles. The molecule has 20 heavy (non-hydrogen) atoms. The Labute approximate surface area is 124 Å². The van der Waals surface area contributed by atoms with Crippen LogP contribution in [-0.2, 0) is 9.47 Å². The van der Waals surface area contributed by atoms with Crippen LogP contribution in [0.2, 0.25) is 0 Å². The molecule has 0 aromatic rings. The van der Waals surface area contributed by atoms with Crippen LogP contribution in [0.15, 0.2) is 0 Å². The highest BCUT2D eigenvalue weighted by atomic mass is 16.7. The summed E-state index contributed by atoms with van der Waals surface area (Å²) in [6, 6.07) is 0. The molecule has 0 unspecified atom stereocenters. The van der Waals surface area contributed by atoms with Crippen molar-refractivity contribution in [2.45, 2.75) is 77.4 Å². The fraction of sp³-hybridized carbons (Fsp3) is 1.00. The summed E-state index contributed by atoms with van der Waals surface area (Å²) in [5, 5.41) is 0. The van der Waals surface area contributed by atoms with Crippen LogP contribution in [0.3, 0.4) is 0 Å². The average Bonchev–Trinajstić information content (AvgIpc) is 3.03. The Morgan fingerprint density at radius 1 is 0.700 bits per heavy atom. The second-order valence-electron chi connectivity index (χ2n) is 7.35. The zero-order valence-corrected chi connectivity index (χ0v) is 13.2. The number of hydrogen-bond donors (Lipinski definition) is 0. The molecular weight excluding hydrogens is 248 g/mol. The molecule has 3 fully saturated rings. The highest BCUT2D eigenvalue weighted by Crippen LogP contribution is 2.43. The molecule has 1 heterocycles. The predicted octanol–water partition coefficient (Wildman–Crippen LogP) is 4.77. The van der Waals surface area contributed by atoms with Crippen LogP contribution in [0.25, 0.3) is 0 Å². The van der Waals surface area contributed by atoms with Gasteiger partial charge in [0.2, 0.25) is 0 Å². The summed E-state index contributed by atoms with van der Waals surface area (Å²) in [7, 11) is 0. The van der Waals surface area contributed by atoms with E-state index in [2.05, 4.69) is 6.92 Å². The highest BCUT2D eigenvalue weighted by Gasteiger charge is 2.34. The number of rotatable bonds is 4. The van der Waals surface area contributed by atoms with E-state index in [9.17, 15) is 0 Å². The fourth-order valence-electron chi connectivity index (χ4n) is 4.89. The van der Waals surface area contributed by atoms with Gasteiger partial charge in [-0.3, -0.25) is 0 Å². The molecule has 3 aliphatic rings. The lowest BCUT2D eigenvalue weighted by Gasteiger charge is -2.38. The lowest BCUT2D eigenvalue weighted by molar-refractivity contribution is -0.0973. The smallest absolute Gasteiger partial charge is 0.160 e. The summed E-state index contributed by atoms with van der Waals surface area (Å²) in [6.07, 6.45) is 14.5. The van der Waals surface area contributed by atoms with Gasteiger partial charge in [-0.1, -0.05) is 32.6 Å². The third-order valence-electron chi connectivity index (χ3n) is 6.10. The van der Waals surface area contributed by atoms with Crippen LogP contribution in [0, 0.1) is 23.7 Å². The first-order chi connectivity index (χ1) is 9.86. The largest absolute Gasteiger partial charge is 0.350 e. The lowest BCUT2D eigenvalue weighted by atomic mass is 9.68. The standard InChI is InChI=1S/C18H32O2/c1-2-3-14-4-6-15(7-5-14)16-8-10-17(11-9-16)18-19-12-13-20-18/h14-18H,2-13H2,1H3. The zero-order chi connectivity index (χ0) is 13.8. The minimum Gasteiger partial charge on any atom is -0.350 e. The molecule has 0 radical (unpaired) electrons. The van der Waals surface area contributed by atoms with E-state index in [4.69, 9.17) is 9.47 Å². The van der Waals surface area contributed by atoms with E-state index in [1.807, 2.05) is 0 Å². The summed E-state index contributed by atoms with van der Waals surface area (Å²) < 4.78 is 11.4. The fourth-order valence-corrected chi connectivity index (χ4v) is 4.89. The molecule has 2 heteroatoms. The van der Waals surface area contributed by atoms with Gasteiger partial charge in [0, 0.05) is 5.92 Å². The monoisotopic (exact) mass is 280 g/mol. The molecule has 0 N–H and O–H groups in total. The van der Waals surface area contributed by atoms with Crippen LogP contribution < -0.4 is 0 Å². The van der Waals surface area contributed by atoms with Gasteiger partial charge in [-0.25, -0.2) is 0 Å². The van der Waals surface area contributed by atoms with Gasteiger partial charge in [0.25, 0.3) is 0 Å². The Kier molecular flexibility index (Phi) is 5.39. The predicted molar refractivity (Wildman–Crippen MR) is 81.5 cm³/mol. The minimum absolute atomic E-state index is 0.135. The molecule has 0 amide bonds. The molecule has 0 bridgehead atoms. The zero-order valence-electron chi connectivity index (χ0n) is 13.2. The van der Waals surface area contributed by atoms with Gasteiger partial charge >= 0.3 is 0 Å². The third-order valence-corrected chi connectivity index (χ3v) is 6.10. The van der Waals surface area contributed by atoms with E-state index in [0.29, 0.717) is 5.92 Å². The molecule has 1 saturated heterocycles. The molecule has 2 aliphatic carbocycles. The summed E-state index contributed by atoms with van der Waals surface area (Å²) in [5.41, 5.74) is 0. The molecule has 0 aromatic heterocycles. The molecule has 0 atom stereocenters. The van der Waals surface area contributed by atoms with Crippen LogP contribution in [0.1, 0.15) is 71.1 Å². The summed E-state index contributed by atoms with van der Waals surface area (Å²) in [4.78, 5) is 0. The highest BCUT2D eigenvalue weighted by molar-refractivity contribution is 4.83. The maximum atomic E-state index is 5.69. The summed E-state index contributed by atoms with van der Waals surface area (Å²) in [5.74, 6) is 3.78. The van der Waals surface area contributed by atoms with E-state index in [1.165, 1.54) is 64.2 Å². The van der Waals surface area contributed by atoms with Crippen LogP contribution in [-0.4, -0.2) is 19.5 Å². The Morgan fingerprint density at radius 3 is 1.75 bits per heavy atom. The van der Waals surface area contributed by atoms with E-state index in [-0.39, 0.29) is 6.29 Å². The first-order valence-corrected chi connectivity index (χ1v) is 9.10. The average molecular weight is 280 g/mol. The van der Waals surface area contributed by atoms with Gasteiger partial charge in [-0.15, -0.1) is 0 Å². The van der Waals surface area contributed by atoms with Crippen molar-refractivity contribution >= 4 is 0 Å². The maximum absolute atomic E-state index is 5.69. The topological polar surface area (TPSA) is 18.5 Å². The minimum atomic E-state index is 0.135. The van der Waals surface area contributed by atoms with Gasteiger partial charge in [0.05, 0.1) is 13.2 Å². The molecule has 116 valence electrons. The van der Waals surface area contributed by atoms with E-state index in [1.54, 1.807) is 0 Å². The molecule has 2 nitrogen and oxygen atoms in total. The Balaban J connectivity index is 1.40. The van der Waals surface area contributed by atoms with Crippen LogP contribution >= 0.6 is 0 Å². The summed E-state index contributed by atoms with van der Waals surface area (Å²) in [6.45, 7) is 3.96. The summed E-state index contributed by atoms with van der Waals surface area (Å²) >= 11 is 0. The van der Waals surface area contributed by atoms with Crippen LogP contribution in [0.4, 0.5) is 0 Å². The number of ether oxygens (including phenoxy) is 2. The van der Waals surface area contributed by atoms with Gasteiger partial charge < -0.3 is 9.47 Å². The third kappa shape index (κ3) is 3.57. The van der Waals surface area contributed by atoms with Gasteiger partial charge in [-0.2, -0.15) is 0 Å². The first-order valence-electron chi connectivity index (χ1n) is 9.10. The Bertz CT molecular complexity index is 269. The molecule has 1 aliphatic heterocycles. The van der Waals surface area contributed by atoms with Gasteiger partial charge in [0.15, 0.2) is 6.29 Å². The normalized spacial score (nSPS) is 40.0. The Hall–Kier alpha value is -0.0800.